The van der Waals surface area contributed by atoms with E-state index in [0.29, 0.717) is 6.10 Å². The van der Waals surface area contributed by atoms with E-state index in [9.17, 15) is 0 Å². The molecule has 28 heavy (non-hydrogen) atoms. The molecule has 0 spiro atoms. The highest BCUT2D eigenvalue weighted by molar-refractivity contribution is 5.35. The lowest BCUT2D eigenvalue weighted by atomic mass is 10.1. The van der Waals surface area contributed by atoms with Crippen LogP contribution in [0, 0.1) is 6.92 Å². The highest BCUT2D eigenvalue weighted by Crippen LogP contribution is 2.25. The number of ether oxygens (including phenoxy) is 1. The normalized spacial score (nSPS) is 15.6. The van der Waals surface area contributed by atoms with Crippen LogP contribution in [0.4, 0.5) is 0 Å². The summed E-state index contributed by atoms with van der Waals surface area (Å²) < 4.78 is 8.14. The van der Waals surface area contributed by atoms with E-state index >= 15 is 0 Å². The average molecular weight is 376 g/mol. The van der Waals surface area contributed by atoms with Crippen molar-refractivity contribution in [2.75, 3.05) is 0 Å². The molecule has 4 rings (SSSR count). The van der Waals surface area contributed by atoms with Gasteiger partial charge in [-0.25, -0.2) is 4.68 Å². The van der Waals surface area contributed by atoms with Gasteiger partial charge in [0.2, 0.25) is 0 Å². The summed E-state index contributed by atoms with van der Waals surface area (Å²) in [4.78, 5) is 0. The van der Waals surface area contributed by atoms with Crippen LogP contribution in [-0.4, -0.2) is 15.9 Å². The summed E-state index contributed by atoms with van der Waals surface area (Å²) in [5, 5.41) is 8.22. The van der Waals surface area contributed by atoms with Gasteiger partial charge in [0, 0.05) is 23.8 Å². The van der Waals surface area contributed by atoms with E-state index in [4.69, 9.17) is 4.74 Å². The molecule has 1 saturated carbocycles. The van der Waals surface area contributed by atoms with Gasteiger partial charge in [-0.1, -0.05) is 30.3 Å². The fraction of sp³-hybridized carbons (Fsp3) is 0.375. The summed E-state index contributed by atoms with van der Waals surface area (Å²) in [5.41, 5.74) is 4.73. The number of nitrogens with one attached hydrogen (secondary N) is 1. The number of benzene rings is 2. The van der Waals surface area contributed by atoms with Crippen LogP contribution in [0.2, 0.25) is 0 Å². The van der Waals surface area contributed by atoms with E-state index < -0.39 is 0 Å². The Kier molecular flexibility index (Phi) is 5.77. The maximum Gasteiger partial charge on any atom is 0.120 e. The minimum Gasteiger partial charge on any atom is -0.490 e. The summed E-state index contributed by atoms with van der Waals surface area (Å²) in [6.07, 6.45) is 7.32. The van der Waals surface area contributed by atoms with Crippen LogP contribution in [0.25, 0.3) is 5.69 Å². The van der Waals surface area contributed by atoms with Gasteiger partial charge in [0.25, 0.3) is 0 Å². The first-order valence-corrected chi connectivity index (χ1v) is 10.3. The van der Waals surface area contributed by atoms with Crippen molar-refractivity contribution in [2.24, 2.45) is 0 Å². The molecule has 0 saturated heterocycles. The molecule has 0 aliphatic heterocycles. The first-order valence-electron chi connectivity index (χ1n) is 10.3. The van der Waals surface area contributed by atoms with Crippen molar-refractivity contribution < 1.29 is 4.74 Å². The molecule has 1 N–H and O–H groups in total. The molecule has 1 aromatic heterocycles. The number of aromatic nitrogens is 2. The van der Waals surface area contributed by atoms with Crippen molar-refractivity contribution in [3.8, 4) is 11.4 Å². The molecule has 1 atom stereocenters. The monoisotopic (exact) mass is 375 g/mol. The SMILES string of the molecule is Cc1c(C(C)NCc2cccc(OC3CCCC3)c2)cnn1-c1ccccc1. The van der Waals surface area contributed by atoms with Crippen LogP contribution in [0.15, 0.2) is 60.8 Å². The number of nitrogens with zero attached hydrogens (tertiary/aromatic N) is 2. The van der Waals surface area contributed by atoms with Crippen molar-refractivity contribution in [1.29, 1.82) is 0 Å². The largest absolute Gasteiger partial charge is 0.490 e. The highest BCUT2D eigenvalue weighted by Gasteiger charge is 2.17. The second-order valence-electron chi connectivity index (χ2n) is 7.71. The van der Waals surface area contributed by atoms with Crippen molar-refractivity contribution in [3.63, 3.8) is 0 Å². The van der Waals surface area contributed by atoms with Gasteiger partial charge in [0.15, 0.2) is 0 Å². The van der Waals surface area contributed by atoms with Crippen LogP contribution >= 0.6 is 0 Å². The fourth-order valence-corrected chi connectivity index (χ4v) is 3.99. The van der Waals surface area contributed by atoms with E-state index in [2.05, 4.69) is 60.7 Å². The van der Waals surface area contributed by atoms with Gasteiger partial charge in [-0.05, 0) is 69.4 Å². The number of para-hydroxylation sites is 1. The van der Waals surface area contributed by atoms with Crippen LogP contribution in [-0.2, 0) is 6.54 Å². The lowest BCUT2D eigenvalue weighted by Gasteiger charge is -2.16. The zero-order valence-corrected chi connectivity index (χ0v) is 16.8. The molecule has 1 heterocycles. The molecule has 1 aliphatic rings. The Balaban J connectivity index is 1.39. The topological polar surface area (TPSA) is 39.1 Å². The van der Waals surface area contributed by atoms with Crippen LogP contribution < -0.4 is 10.1 Å². The molecule has 4 nitrogen and oxygen atoms in total. The molecule has 1 aliphatic carbocycles. The second-order valence-corrected chi connectivity index (χ2v) is 7.71. The summed E-state index contributed by atoms with van der Waals surface area (Å²) in [7, 11) is 0. The molecule has 0 radical (unpaired) electrons. The van der Waals surface area contributed by atoms with Gasteiger partial charge in [0.05, 0.1) is 18.0 Å². The number of hydrogen-bond acceptors (Lipinski definition) is 3. The molecule has 146 valence electrons. The predicted octanol–water partition coefficient (Wildman–Crippen LogP) is 5.35. The molecule has 0 bridgehead atoms. The molecular weight excluding hydrogens is 346 g/mol. The maximum absolute atomic E-state index is 6.14. The van der Waals surface area contributed by atoms with E-state index in [1.807, 2.05) is 29.1 Å². The van der Waals surface area contributed by atoms with Crippen LogP contribution in [0.1, 0.15) is 55.5 Å². The standard InChI is InChI=1S/C24H29N3O/c1-18(24-17-26-27(19(24)2)21-10-4-3-5-11-21)25-16-20-9-8-14-23(15-20)28-22-12-6-7-13-22/h3-5,8-11,14-15,17-18,22,25H,6-7,12-13,16H2,1-2H3. The fourth-order valence-electron chi connectivity index (χ4n) is 3.99. The molecule has 3 aromatic rings. The summed E-state index contributed by atoms with van der Waals surface area (Å²) >= 11 is 0. The van der Waals surface area contributed by atoms with Crippen molar-refractivity contribution in [1.82, 2.24) is 15.1 Å². The first kappa shape index (κ1) is 18.8. The van der Waals surface area contributed by atoms with Crippen LogP contribution in [0.3, 0.4) is 0 Å². The van der Waals surface area contributed by atoms with Gasteiger partial charge in [-0.15, -0.1) is 0 Å². The van der Waals surface area contributed by atoms with E-state index in [1.165, 1.54) is 42.5 Å². The molecule has 0 amide bonds. The Hall–Kier alpha value is -2.59. The first-order chi connectivity index (χ1) is 13.7. The molecular formula is C24H29N3O. The van der Waals surface area contributed by atoms with E-state index in [1.54, 1.807) is 0 Å². The average Bonchev–Trinajstić information content (AvgIpc) is 3.37. The third-order valence-electron chi connectivity index (χ3n) is 5.63. The molecule has 1 unspecified atom stereocenters. The van der Waals surface area contributed by atoms with Gasteiger partial charge in [-0.3, -0.25) is 0 Å². The van der Waals surface area contributed by atoms with Gasteiger partial charge >= 0.3 is 0 Å². The summed E-state index contributed by atoms with van der Waals surface area (Å²) in [6.45, 7) is 5.13. The Morgan fingerprint density at radius 3 is 2.68 bits per heavy atom. The zero-order chi connectivity index (χ0) is 19.3. The van der Waals surface area contributed by atoms with E-state index in [0.717, 1.165) is 18.0 Å². The highest BCUT2D eigenvalue weighted by atomic mass is 16.5. The van der Waals surface area contributed by atoms with Crippen molar-refractivity contribution in [2.45, 2.75) is 58.2 Å². The minimum absolute atomic E-state index is 0.219. The van der Waals surface area contributed by atoms with Gasteiger partial charge in [-0.2, -0.15) is 5.10 Å². The lowest BCUT2D eigenvalue weighted by Crippen LogP contribution is -2.19. The summed E-state index contributed by atoms with van der Waals surface area (Å²) in [6, 6.07) is 19.0. The van der Waals surface area contributed by atoms with Gasteiger partial charge in [0.1, 0.15) is 5.75 Å². The Labute approximate surface area is 167 Å². The van der Waals surface area contributed by atoms with Crippen molar-refractivity contribution >= 4 is 0 Å². The number of hydrogen-bond donors (Lipinski definition) is 1. The minimum atomic E-state index is 0.219. The quantitative estimate of drug-likeness (QED) is 0.605. The Bertz CT molecular complexity index is 897. The molecule has 4 heteroatoms. The summed E-state index contributed by atoms with van der Waals surface area (Å²) in [5.74, 6) is 0.993. The Morgan fingerprint density at radius 2 is 1.89 bits per heavy atom. The smallest absolute Gasteiger partial charge is 0.120 e. The second kappa shape index (κ2) is 8.61. The van der Waals surface area contributed by atoms with Gasteiger partial charge < -0.3 is 10.1 Å². The van der Waals surface area contributed by atoms with E-state index in [-0.39, 0.29) is 6.04 Å². The number of rotatable bonds is 7. The molecule has 2 aromatic carbocycles. The third kappa shape index (κ3) is 4.28. The zero-order valence-electron chi connectivity index (χ0n) is 16.8. The maximum atomic E-state index is 6.14. The lowest BCUT2D eigenvalue weighted by molar-refractivity contribution is 0.210. The predicted molar refractivity (Wildman–Crippen MR) is 113 cm³/mol. The molecule has 1 fully saturated rings. The van der Waals surface area contributed by atoms with Crippen molar-refractivity contribution in [3.05, 3.63) is 77.6 Å². The Morgan fingerprint density at radius 1 is 1.11 bits per heavy atom. The third-order valence-corrected chi connectivity index (χ3v) is 5.63. The van der Waals surface area contributed by atoms with Crippen LogP contribution in [0.5, 0.6) is 5.75 Å².